The Morgan fingerprint density at radius 3 is 2.26 bits per heavy atom. The summed E-state index contributed by atoms with van der Waals surface area (Å²) in [4.78, 5) is 50.4. The van der Waals surface area contributed by atoms with Crippen molar-refractivity contribution in [1.82, 2.24) is 5.32 Å². The monoisotopic (exact) mass is 599 g/mol. The Morgan fingerprint density at radius 1 is 0.833 bits per heavy atom. The zero-order chi connectivity index (χ0) is 30.1. The van der Waals surface area contributed by atoms with Gasteiger partial charge in [0.1, 0.15) is 5.70 Å². The summed E-state index contributed by atoms with van der Waals surface area (Å²) in [5.74, 6) is -2.34. The first kappa shape index (κ1) is 30.1. The molecule has 0 fully saturated rings. The fourth-order valence-electron chi connectivity index (χ4n) is 3.79. The molecule has 0 atom stereocenters. The number of anilines is 2. The number of rotatable bonds is 10. The molecule has 0 aliphatic heterocycles. The molecule has 4 rings (SSSR count). The van der Waals surface area contributed by atoms with Gasteiger partial charge in [0.2, 0.25) is 5.91 Å². The van der Waals surface area contributed by atoms with Gasteiger partial charge in [-0.25, -0.2) is 4.79 Å². The number of carboxylic acids is 1. The van der Waals surface area contributed by atoms with Crippen LogP contribution in [0.3, 0.4) is 0 Å². The molecule has 0 aromatic heterocycles. The number of carbonyl (C=O) groups excluding carboxylic acids is 3. The molecule has 0 aliphatic rings. The second-order valence-electron chi connectivity index (χ2n) is 9.11. The molecule has 4 N–H and O–H groups in total. The first-order valence-electron chi connectivity index (χ1n) is 12.7. The number of aryl methyl sites for hydroxylation is 1. The van der Waals surface area contributed by atoms with Gasteiger partial charge in [-0.2, -0.15) is 0 Å². The lowest BCUT2D eigenvalue weighted by atomic mass is 10.1. The molecule has 4 aromatic carbocycles. The van der Waals surface area contributed by atoms with Gasteiger partial charge in [-0.3, -0.25) is 14.4 Å². The smallest absolute Gasteiger partial charge is 0.335 e. The molecule has 0 unspecified atom stereocenters. The predicted octanol–water partition coefficient (Wildman–Crippen LogP) is 6.49. The number of carboxylic acid groups (broad SMARTS) is 1. The second kappa shape index (κ2) is 14.2. The van der Waals surface area contributed by atoms with Crippen molar-refractivity contribution in [2.24, 2.45) is 0 Å². The summed E-state index contributed by atoms with van der Waals surface area (Å²) in [5, 5.41) is 17.5. The van der Waals surface area contributed by atoms with Crippen molar-refractivity contribution in [3.63, 3.8) is 0 Å². The number of nitrogens with one attached hydrogen (secondary N) is 3. The predicted molar refractivity (Wildman–Crippen MR) is 166 cm³/mol. The lowest BCUT2D eigenvalue weighted by Gasteiger charge is -2.12. The van der Waals surface area contributed by atoms with Gasteiger partial charge in [0, 0.05) is 16.1 Å². The molecule has 4 aromatic rings. The molecule has 10 heteroatoms. The van der Waals surface area contributed by atoms with Crippen LogP contribution in [0.15, 0.2) is 108 Å². The van der Waals surface area contributed by atoms with Crippen molar-refractivity contribution >= 4 is 64.5 Å². The lowest BCUT2D eigenvalue weighted by Crippen LogP contribution is -2.30. The number of hydrogen-bond donors (Lipinski definition) is 4. The number of carbonyl (C=O) groups is 4. The summed E-state index contributed by atoms with van der Waals surface area (Å²) in [6, 6.07) is 27.1. The van der Waals surface area contributed by atoms with E-state index in [0.717, 1.165) is 16.0 Å². The summed E-state index contributed by atoms with van der Waals surface area (Å²) < 4.78 is 0. The highest BCUT2D eigenvalue weighted by Crippen LogP contribution is 2.25. The largest absolute Gasteiger partial charge is 0.478 e. The molecular weight excluding hydrogens is 574 g/mol. The van der Waals surface area contributed by atoms with E-state index in [2.05, 4.69) is 16.0 Å². The minimum Gasteiger partial charge on any atom is -0.478 e. The molecule has 0 spiro atoms. The van der Waals surface area contributed by atoms with Gasteiger partial charge in [0.15, 0.2) is 0 Å². The average molecular weight is 600 g/mol. The quantitative estimate of drug-likeness (QED) is 0.122. The Bertz CT molecular complexity index is 1660. The fraction of sp³-hybridized carbons (Fsp3) is 0.0625. The van der Waals surface area contributed by atoms with Gasteiger partial charge in [-0.1, -0.05) is 59.6 Å². The van der Waals surface area contributed by atoms with Gasteiger partial charge < -0.3 is 21.1 Å². The van der Waals surface area contributed by atoms with E-state index in [1.807, 2.05) is 31.2 Å². The van der Waals surface area contributed by atoms with Gasteiger partial charge in [-0.15, -0.1) is 11.8 Å². The van der Waals surface area contributed by atoms with Crippen LogP contribution in [-0.4, -0.2) is 34.6 Å². The molecule has 3 amide bonds. The zero-order valence-electron chi connectivity index (χ0n) is 22.4. The molecule has 0 radical (unpaired) electrons. The summed E-state index contributed by atoms with van der Waals surface area (Å²) in [6.07, 6.45) is 1.62. The summed E-state index contributed by atoms with van der Waals surface area (Å²) in [6.45, 7) is 1.94. The summed E-state index contributed by atoms with van der Waals surface area (Å²) in [7, 11) is 0. The van der Waals surface area contributed by atoms with Crippen LogP contribution in [0.1, 0.15) is 31.8 Å². The standard InChI is InChI=1S/C32H26ClN3O5S/c1-20-6-5-7-21(16-20)17-28(36-30(38)22-8-3-2-4-9-22)31(39)34-24-11-13-25(14-12-24)42-19-29(37)35-27-18-23(32(40)41)10-15-26(27)33/h2-18H,19H2,1H3,(H,34,39)(H,35,37)(H,36,38)(H,40,41)/b28-17-. The highest BCUT2D eigenvalue weighted by molar-refractivity contribution is 8.00. The number of hydrogen-bond acceptors (Lipinski definition) is 5. The molecule has 212 valence electrons. The maximum Gasteiger partial charge on any atom is 0.335 e. The third-order valence-electron chi connectivity index (χ3n) is 5.85. The molecular formula is C32H26ClN3O5S. The number of amides is 3. The van der Waals surface area contributed by atoms with E-state index in [9.17, 15) is 19.2 Å². The first-order valence-corrected chi connectivity index (χ1v) is 14.1. The third kappa shape index (κ3) is 8.57. The van der Waals surface area contributed by atoms with Crippen molar-refractivity contribution in [2.45, 2.75) is 11.8 Å². The van der Waals surface area contributed by atoms with Crippen LogP contribution in [0, 0.1) is 6.92 Å². The van der Waals surface area contributed by atoms with Crippen LogP contribution < -0.4 is 16.0 Å². The summed E-state index contributed by atoms with van der Waals surface area (Å²) >= 11 is 7.33. The SMILES string of the molecule is Cc1cccc(/C=C(\NC(=O)c2ccccc2)C(=O)Nc2ccc(SCC(=O)Nc3cc(C(=O)O)ccc3Cl)cc2)c1. The van der Waals surface area contributed by atoms with Crippen molar-refractivity contribution in [3.8, 4) is 0 Å². The highest BCUT2D eigenvalue weighted by atomic mass is 35.5. The zero-order valence-corrected chi connectivity index (χ0v) is 24.0. The normalized spacial score (nSPS) is 11.0. The Balaban J connectivity index is 1.40. The number of aromatic carboxylic acids is 1. The molecule has 8 nitrogen and oxygen atoms in total. The van der Waals surface area contributed by atoms with Crippen molar-refractivity contribution in [2.75, 3.05) is 16.4 Å². The van der Waals surface area contributed by atoms with Gasteiger partial charge >= 0.3 is 5.97 Å². The fourth-order valence-corrected chi connectivity index (χ4v) is 4.65. The van der Waals surface area contributed by atoms with Crippen LogP contribution >= 0.6 is 23.4 Å². The minimum atomic E-state index is -1.12. The van der Waals surface area contributed by atoms with E-state index < -0.39 is 17.8 Å². The summed E-state index contributed by atoms with van der Waals surface area (Å²) in [5.41, 5.74) is 2.99. The van der Waals surface area contributed by atoms with Crippen molar-refractivity contribution < 1.29 is 24.3 Å². The Kier molecular flexibility index (Phi) is 10.1. The molecule has 0 saturated heterocycles. The van der Waals surface area contributed by atoms with E-state index >= 15 is 0 Å². The van der Waals surface area contributed by atoms with E-state index in [1.165, 1.54) is 30.0 Å². The molecule has 0 heterocycles. The molecule has 0 aliphatic carbocycles. The van der Waals surface area contributed by atoms with Crippen LogP contribution in [0.4, 0.5) is 11.4 Å². The number of thioether (sulfide) groups is 1. The maximum atomic E-state index is 13.2. The van der Waals surface area contributed by atoms with Crippen LogP contribution in [0.5, 0.6) is 0 Å². The number of halogens is 1. The van der Waals surface area contributed by atoms with Crippen LogP contribution in [-0.2, 0) is 9.59 Å². The van der Waals surface area contributed by atoms with E-state index in [1.54, 1.807) is 60.7 Å². The first-order chi connectivity index (χ1) is 20.2. The van der Waals surface area contributed by atoms with Gasteiger partial charge in [-0.05, 0) is 73.2 Å². The Hall–Kier alpha value is -4.86. The minimum absolute atomic E-state index is 0.0107. The van der Waals surface area contributed by atoms with E-state index in [4.69, 9.17) is 16.7 Å². The topological polar surface area (TPSA) is 125 Å². The maximum absolute atomic E-state index is 13.2. The lowest BCUT2D eigenvalue weighted by molar-refractivity contribution is -0.114. The third-order valence-corrected chi connectivity index (χ3v) is 7.19. The second-order valence-corrected chi connectivity index (χ2v) is 10.6. The number of benzene rings is 4. The molecule has 42 heavy (non-hydrogen) atoms. The van der Waals surface area contributed by atoms with Crippen LogP contribution in [0.25, 0.3) is 6.08 Å². The Morgan fingerprint density at radius 2 is 1.57 bits per heavy atom. The molecule has 0 bridgehead atoms. The van der Waals surface area contributed by atoms with Gasteiger partial charge in [0.25, 0.3) is 11.8 Å². The van der Waals surface area contributed by atoms with Crippen LogP contribution in [0.2, 0.25) is 5.02 Å². The van der Waals surface area contributed by atoms with Crippen molar-refractivity contribution in [1.29, 1.82) is 0 Å². The van der Waals surface area contributed by atoms with Crippen molar-refractivity contribution in [3.05, 3.63) is 130 Å². The Labute approximate surface area is 251 Å². The molecule has 0 saturated carbocycles. The van der Waals surface area contributed by atoms with E-state index in [0.29, 0.717) is 11.3 Å². The van der Waals surface area contributed by atoms with E-state index in [-0.39, 0.29) is 33.6 Å². The average Bonchev–Trinajstić information content (AvgIpc) is 2.98. The van der Waals surface area contributed by atoms with Gasteiger partial charge in [0.05, 0.1) is 22.0 Å². The highest BCUT2D eigenvalue weighted by Gasteiger charge is 2.16.